The molecule has 18 heavy (non-hydrogen) atoms. The van der Waals surface area contributed by atoms with Gasteiger partial charge in [0.1, 0.15) is 17.7 Å². The van der Waals surface area contributed by atoms with Crippen LogP contribution in [0.5, 0.6) is 0 Å². The quantitative estimate of drug-likeness (QED) is 0.888. The smallest absolute Gasteiger partial charge is 0.346 e. The van der Waals surface area contributed by atoms with Gasteiger partial charge in [-0.1, -0.05) is 12.1 Å². The predicted molar refractivity (Wildman–Crippen MR) is 65.6 cm³/mol. The topological polar surface area (TPSA) is 58.7 Å². The van der Waals surface area contributed by atoms with E-state index >= 15 is 0 Å². The molecule has 1 fully saturated rings. The average molecular weight is 247 g/mol. The molecule has 2 aliphatic rings. The molecule has 1 unspecified atom stereocenters. The Hall–Kier alpha value is -1.91. The summed E-state index contributed by atoms with van der Waals surface area (Å²) in [6, 6.07) is 5.46. The third-order valence-electron chi connectivity index (χ3n) is 3.38. The van der Waals surface area contributed by atoms with E-state index < -0.39 is 6.04 Å². The number of nitrogens with two attached hydrogens (primary N) is 1. The van der Waals surface area contributed by atoms with Gasteiger partial charge in [0.25, 0.3) is 0 Å². The van der Waals surface area contributed by atoms with Crippen LogP contribution in [0.2, 0.25) is 0 Å². The number of carbonyl (C=O) groups excluding carboxylic acids is 1. The van der Waals surface area contributed by atoms with Gasteiger partial charge in [-0.05, 0) is 36.5 Å². The summed E-state index contributed by atoms with van der Waals surface area (Å²) in [5.74, 6) is 0.475. The summed E-state index contributed by atoms with van der Waals surface area (Å²) in [6.07, 6.45) is 2.28. The number of amidine groups is 1. The van der Waals surface area contributed by atoms with Crippen LogP contribution < -0.4 is 5.73 Å². The van der Waals surface area contributed by atoms with Crippen molar-refractivity contribution >= 4 is 11.9 Å². The van der Waals surface area contributed by atoms with E-state index in [-0.39, 0.29) is 17.7 Å². The van der Waals surface area contributed by atoms with Crippen molar-refractivity contribution in [3.63, 3.8) is 0 Å². The number of hydrogen-bond acceptors (Lipinski definition) is 2. The summed E-state index contributed by atoms with van der Waals surface area (Å²) in [7, 11) is 0. The van der Waals surface area contributed by atoms with E-state index in [1.54, 1.807) is 17.0 Å². The molecule has 5 heteroatoms. The number of hydrogen-bond donors (Lipinski definition) is 1. The Kier molecular flexibility index (Phi) is 2.54. The van der Waals surface area contributed by atoms with Gasteiger partial charge in [0, 0.05) is 6.54 Å². The molecule has 0 saturated heterocycles. The van der Waals surface area contributed by atoms with Gasteiger partial charge in [0.2, 0.25) is 0 Å². The highest BCUT2D eigenvalue weighted by Crippen LogP contribution is 2.35. The molecule has 2 amide bonds. The Bertz CT molecular complexity index is 525. The van der Waals surface area contributed by atoms with Crippen LogP contribution in [-0.2, 0) is 0 Å². The monoisotopic (exact) mass is 247 g/mol. The summed E-state index contributed by atoms with van der Waals surface area (Å²) in [6.45, 7) is 0.657. The number of aliphatic imine (C=N–C) groups is 1. The van der Waals surface area contributed by atoms with E-state index in [0.29, 0.717) is 18.0 Å². The molecule has 1 aromatic carbocycles. The number of urea groups is 1. The van der Waals surface area contributed by atoms with Crippen molar-refractivity contribution in [2.45, 2.75) is 18.9 Å². The van der Waals surface area contributed by atoms with Crippen molar-refractivity contribution in [2.75, 3.05) is 6.54 Å². The Morgan fingerprint density at radius 3 is 2.89 bits per heavy atom. The molecule has 4 nitrogen and oxygen atoms in total. The summed E-state index contributed by atoms with van der Waals surface area (Å²) in [5.41, 5.74) is 6.49. The number of benzene rings is 1. The SMILES string of the molecule is NC1=NC(=O)N(CC2CC2)C1c1cccc(F)c1. The van der Waals surface area contributed by atoms with Gasteiger partial charge in [-0.2, -0.15) is 4.99 Å². The zero-order valence-corrected chi connectivity index (χ0v) is 9.84. The van der Waals surface area contributed by atoms with Crippen molar-refractivity contribution in [1.82, 2.24) is 4.90 Å². The van der Waals surface area contributed by atoms with E-state index in [4.69, 9.17) is 5.73 Å². The Balaban J connectivity index is 1.91. The second-order valence-electron chi connectivity index (χ2n) is 4.87. The maximum atomic E-state index is 13.3. The lowest BCUT2D eigenvalue weighted by molar-refractivity contribution is 0.203. The third-order valence-corrected chi connectivity index (χ3v) is 3.38. The molecule has 94 valence electrons. The van der Waals surface area contributed by atoms with Crippen LogP contribution in [0, 0.1) is 11.7 Å². The summed E-state index contributed by atoms with van der Waals surface area (Å²) < 4.78 is 13.3. The average Bonchev–Trinajstić information content (AvgIpc) is 3.07. The lowest BCUT2D eigenvalue weighted by atomic mass is 10.0. The predicted octanol–water partition coefficient (Wildman–Crippen LogP) is 2.07. The highest BCUT2D eigenvalue weighted by molar-refractivity contribution is 6.03. The summed E-state index contributed by atoms with van der Waals surface area (Å²) in [4.78, 5) is 17.2. The molecular weight excluding hydrogens is 233 g/mol. The van der Waals surface area contributed by atoms with Crippen molar-refractivity contribution < 1.29 is 9.18 Å². The molecule has 1 heterocycles. The summed E-state index contributed by atoms with van der Waals surface area (Å²) in [5, 5.41) is 0. The van der Waals surface area contributed by atoms with E-state index in [9.17, 15) is 9.18 Å². The molecule has 3 rings (SSSR count). The summed E-state index contributed by atoms with van der Waals surface area (Å²) >= 11 is 0. The van der Waals surface area contributed by atoms with Crippen LogP contribution in [0.3, 0.4) is 0 Å². The fraction of sp³-hybridized carbons (Fsp3) is 0.385. The number of rotatable bonds is 3. The molecule has 1 aromatic rings. The lowest BCUT2D eigenvalue weighted by Crippen LogP contribution is -2.34. The van der Waals surface area contributed by atoms with Crippen molar-refractivity contribution in [3.8, 4) is 0 Å². The van der Waals surface area contributed by atoms with Crippen LogP contribution in [0.4, 0.5) is 9.18 Å². The number of carbonyl (C=O) groups is 1. The van der Waals surface area contributed by atoms with Crippen LogP contribution in [0.15, 0.2) is 29.3 Å². The number of nitrogens with zero attached hydrogens (tertiary/aromatic N) is 2. The minimum Gasteiger partial charge on any atom is -0.385 e. The molecule has 0 bridgehead atoms. The van der Waals surface area contributed by atoms with Crippen molar-refractivity contribution in [1.29, 1.82) is 0 Å². The Morgan fingerprint density at radius 2 is 2.22 bits per heavy atom. The highest BCUT2D eigenvalue weighted by atomic mass is 19.1. The minimum absolute atomic E-state index is 0.256. The molecule has 0 radical (unpaired) electrons. The first kappa shape index (κ1) is 11.2. The lowest BCUT2D eigenvalue weighted by Gasteiger charge is -2.24. The van der Waals surface area contributed by atoms with E-state index in [1.807, 2.05) is 0 Å². The van der Waals surface area contributed by atoms with Crippen molar-refractivity contribution in [3.05, 3.63) is 35.6 Å². The molecular formula is C13H14FN3O. The van der Waals surface area contributed by atoms with Gasteiger partial charge < -0.3 is 10.6 Å². The maximum Gasteiger partial charge on any atom is 0.346 e. The van der Waals surface area contributed by atoms with Crippen molar-refractivity contribution in [2.24, 2.45) is 16.6 Å². The standard InChI is InChI=1S/C13H14FN3O/c14-10-3-1-2-9(6-10)11-12(15)16-13(18)17(11)7-8-4-5-8/h1-3,6,8,11H,4-5,7H2,(H2,15,16,18). The van der Waals surface area contributed by atoms with Gasteiger partial charge in [0.05, 0.1) is 0 Å². The van der Waals surface area contributed by atoms with Crippen LogP contribution in [-0.4, -0.2) is 23.3 Å². The minimum atomic E-state index is -0.409. The first-order valence-electron chi connectivity index (χ1n) is 6.05. The zero-order valence-electron chi connectivity index (χ0n) is 9.84. The zero-order chi connectivity index (χ0) is 12.7. The molecule has 1 aliphatic carbocycles. The molecule has 2 N–H and O–H groups in total. The van der Waals surface area contributed by atoms with Crippen LogP contribution in [0.25, 0.3) is 0 Å². The molecule has 0 spiro atoms. The van der Waals surface area contributed by atoms with Gasteiger partial charge in [0.15, 0.2) is 0 Å². The van der Waals surface area contributed by atoms with Crippen LogP contribution >= 0.6 is 0 Å². The molecule has 1 atom stereocenters. The fourth-order valence-electron chi connectivity index (χ4n) is 2.30. The Morgan fingerprint density at radius 1 is 1.44 bits per heavy atom. The van der Waals surface area contributed by atoms with E-state index in [1.165, 1.54) is 12.1 Å². The molecule has 0 aromatic heterocycles. The van der Waals surface area contributed by atoms with Gasteiger partial charge in [-0.25, -0.2) is 9.18 Å². The Labute approximate surface area is 104 Å². The third kappa shape index (κ3) is 1.96. The van der Waals surface area contributed by atoms with Gasteiger partial charge in [-0.3, -0.25) is 0 Å². The first-order valence-corrected chi connectivity index (χ1v) is 6.05. The van der Waals surface area contributed by atoms with E-state index in [2.05, 4.69) is 4.99 Å². The number of amides is 2. The fourth-order valence-corrected chi connectivity index (χ4v) is 2.30. The maximum absolute atomic E-state index is 13.3. The molecule has 1 saturated carbocycles. The normalized spacial score (nSPS) is 23.4. The van der Waals surface area contributed by atoms with Gasteiger partial charge in [-0.15, -0.1) is 0 Å². The second kappa shape index (κ2) is 4.08. The largest absolute Gasteiger partial charge is 0.385 e. The number of halogens is 1. The van der Waals surface area contributed by atoms with E-state index in [0.717, 1.165) is 12.8 Å². The second-order valence-corrected chi connectivity index (χ2v) is 4.87. The van der Waals surface area contributed by atoms with Gasteiger partial charge >= 0.3 is 6.03 Å². The van der Waals surface area contributed by atoms with Crippen LogP contribution in [0.1, 0.15) is 24.4 Å². The highest BCUT2D eigenvalue weighted by Gasteiger charge is 2.38. The first-order chi connectivity index (χ1) is 8.65. The molecule has 1 aliphatic heterocycles.